The Bertz CT molecular complexity index is 717. The highest BCUT2D eigenvalue weighted by Crippen LogP contribution is 2.28. The Morgan fingerprint density at radius 3 is 3.16 bits per heavy atom. The van der Waals surface area contributed by atoms with Crippen molar-refractivity contribution >= 4 is 28.3 Å². The van der Waals surface area contributed by atoms with Gasteiger partial charge in [-0.25, -0.2) is 4.98 Å². The zero-order valence-electron chi connectivity index (χ0n) is 13.9. The molecular formula is C15H20N6O3S. The molecule has 1 fully saturated rings. The Balaban J connectivity index is 1.51. The van der Waals surface area contributed by atoms with Crippen LogP contribution >= 0.6 is 11.3 Å². The van der Waals surface area contributed by atoms with E-state index in [-0.39, 0.29) is 24.2 Å². The SMILES string of the molecule is CCOCc1nnc(N2CC(C(=O)NCCc3cnc[nH]3)CC2=O)s1. The number of hydrogen-bond donors (Lipinski definition) is 2. The first-order valence-electron chi connectivity index (χ1n) is 8.12. The Labute approximate surface area is 148 Å². The van der Waals surface area contributed by atoms with Crippen molar-refractivity contribution in [1.29, 1.82) is 0 Å². The minimum absolute atomic E-state index is 0.104. The Morgan fingerprint density at radius 2 is 2.40 bits per heavy atom. The molecule has 2 aromatic heterocycles. The summed E-state index contributed by atoms with van der Waals surface area (Å²) in [6.07, 6.45) is 4.19. The van der Waals surface area contributed by atoms with E-state index in [0.717, 1.165) is 10.7 Å². The number of aromatic nitrogens is 4. The number of imidazole rings is 1. The second-order valence-corrected chi connectivity index (χ2v) is 6.68. The van der Waals surface area contributed by atoms with Crippen molar-refractivity contribution in [3.8, 4) is 0 Å². The highest BCUT2D eigenvalue weighted by Gasteiger charge is 2.36. The van der Waals surface area contributed by atoms with Crippen LogP contribution in [-0.2, 0) is 27.4 Å². The lowest BCUT2D eigenvalue weighted by atomic mass is 10.1. The highest BCUT2D eigenvalue weighted by molar-refractivity contribution is 7.15. The summed E-state index contributed by atoms with van der Waals surface area (Å²) in [7, 11) is 0. The molecule has 2 N–H and O–H groups in total. The van der Waals surface area contributed by atoms with Crippen LogP contribution in [0.3, 0.4) is 0 Å². The zero-order valence-corrected chi connectivity index (χ0v) is 14.7. The van der Waals surface area contributed by atoms with Crippen LogP contribution < -0.4 is 10.2 Å². The molecule has 1 aliphatic rings. The number of carbonyl (C=O) groups excluding carboxylic acids is 2. The van der Waals surface area contributed by atoms with Gasteiger partial charge in [0.25, 0.3) is 0 Å². The number of ether oxygens (including phenoxy) is 1. The lowest BCUT2D eigenvalue weighted by Crippen LogP contribution is -2.34. The number of amides is 2. The standard InChI is InChI=1S/C15H20N6O3S/c1-2-24-8-12-19-20-15(25-12)21-7-10(5-13(21)22)14(23)17-4-3-11-6-16-9-18-11/h6,9-10H,2-5,7-8H2,1H3,(H,16,18)(H,17,23). The quantitative estimate of drug-likeness (QED) is 0.706. The van der Waals surface area contributed by atoms with Crippen molar-refractivity contribution in [3.63, 3.8) is 0 Å². The van der Waals surface area contributed by atoms with Crippen LogP contribution in [0.4, 0.5) is 5.13 Å². The van der Waals surface area contributed by atoms with E-state index >= 15 is 0 Å². The summed E-state index contributed by atoms with van der Waals surface area (Å²) in [6.45, 7) is 3.72. The molecule has 0 radical (unpaired) electrons. The molecule has 9 nitrogen and oxygen atoms in total. The molecule has 10 heteroatoms. The van der Waals surface area contributed by atoms with Crippen molar-refractivity contribution in [3.05, 3.63) is 23.2 Å². The minimum atomic E-state index is -0.367. The summed E-state index contributed by atoms with van der Waals surface area (Å²) >= 11 is 1.32. The fourth-order valence-corrected chi connectivity index (χ4v) is 3.36. The maximum atomic E-state index is 12.3. The van der Waals surface area contributed by atoms with Crippen LogP contribution in [0.15, 0.2) is 12.5 Å². The average molecular weight is 364 g/mol. The fourth-order valence-electron chi connectivity index (χ4n) is 2.56. The minimum Gasteiger partial charge on any atom is -0.374 e. The number of carbonyl (C=O) groups is 2. The molecule has 1 unspecified atom stereocenters. The molecule has 3 rings (SSSR count). The van der Waals surface area contributed by atoms with Gasteiger partial charge in [0.2, 0.25) is 16.9 Å². The van der Waals surface area contributed by atoms with Crippen LogP contribution in [-0.4, -0.2) is 51.7 Å². The first-order chi connectivity index (χ1) is 12.2. The lowest BCUT2D eigenvalue weighted by Gasteiger charge is -2.12. The average Bonchev–Trinajstić information content (AvgIpc) is 3.33. The molecule has 2 amide bonds. The summed E-state index contributed by atoms with van der Waals surface area (Å²) in [5.74, 6) is -0.587. The number of rotatable bonds is 8. The van der Waals surface area contributed by atoms with Gasteiger partial charge in [-0.2, -0.15) is 0 Å². The first kappa shape index (κ1) is 17.5. The summed E-state index contributed by atoms with van der Waals surface area (Å²) in [6, 6.07) is 0. The molecule has 25 heavy (non-hydrogen) atoms. The lowest BCUT2D eigenvalue weighted by molar-refractivity contribution is -0.126. The van der Waals surface area contributed by atoms with Crippen LogP contribution in [0.5, 0.6) is 0 Å². The monoisotopic (exact) mass is 364 g/mol. The highest BCUT2D eigenvalue weighted by atomic mass is 32.1. The molecule has 0 aliphatic carbocycles. The molecule has 1 atom stereocenters. The zero-order chi connectivity index (χ0) is 17.6. The number of nitrogens with one attached hydrogen (secondary N) is 2. The van der Waals surface area contributed by atoms with E-state index in [9.17, 15) is 9.59 Å². The van der Waals surface area contributed by atoms with Crippen molar-refractivity contribution in [2.45, 2.75) is 26.4 Å². The van der Waals surface area contributed by atoms with Gasteiger partial charge in [0.15, 0.2) is 0 Å². The molecule has 1 aliphatic heterocycles. The van der Waals surface area contributed by atoms with Gasteiger partial charge in [-0.15, -0.1) is 10.2 Å². The molecule has 0 saturated carbocycles. The topological polar surface area (TPSA) is 113 Å². The van der Waals surface area contributed by atoms with Crippen LogP contribution in [0.2, 0.25) is 0 Å². The summed E-state index contributed by atoms with van der Waals surface area (Å²) in [5, 5.41) is 12.2. The predicted octanol–water partition coefficient (Wildman–Crippen LogP) is 0.509. The van der Waals surface area contributed by atoms with Crippen LogP contribution in [0, 0.1) is 5.92 Å². The molecular weight excluding hydrogens is 344 g/mol. The van der Waals surface area contributed by atoms with Crippen LogP contribution in [0.25, 0.3) is 0 Å². The number of aromatic amines is 1. The normalized spacial score (nSPS) is 17.2. The van der Waals surface area contributed by atoms with E-state index < -0.39 is 0 Å². The van der Waals surface area contributed by atoms with Gasteiger partial charge in [-0.3, -0.25) is 14.5 Å². The van der Waals surface area contributed by atoms with E-state index in [2.05, 4.69) is 25.5 Å². The van der Waals surface area contributed by atoms with E-state index in [1.54, 1.807) is 12.5 Å². The Kier molecular flexibility index (Phi) is 5.71. The van der Waals surface area contributed by atoms with E-state index in [1.165, 1.54) is 16.2 Å². The van der Waals surface area contributed by atoms with E-state index in [0.29, 0.717) is 37.9 Å². The molecule has 0 bridgehead atoms. The molecule has 3 heterocycles. The van der Waals surface area contributed by atoms with E-state index in [1.807, 2.05) is 6.92 Å². The van der Waals surface area contributed by atoms with Gasteiger partial charge in [0.05, 0.1) is 12.2 Å². The van der Waals surface area contributed by atoms with Gasteiger partial charge >= 0.3 is 0 Å². The van der Waals surface area contributed by atoms with Gasteiger partial charge in [0.1, 0.15) is 11.6 Å². The Hall–Kier alpha value is -2.33. The maximum absolute atomic E-state index is 12.3. The summed E-state index contributed by atoms with van der Waals surface area (Å²) in [4.78, 5) is 32.9. The predicted molar refractivity (Wildman–Crippen MR) is 91.0 cm³/mol. The molecule has 134 valence electrons. The van der Waals surface area contributed by atoms with Gasteiger partial charge in [-0.05, 0) is 6.92 Å². The second kappa shape index (κ2) is 8.17. The van der Waals surface area contributed by atoms with Gasteiger partial charge in [-0.1, -0.05) is 11.3 Å². The molecule has 0 aromatic carbocycles. The first-order valence-corrected chi connectivity index (χ1v) is 8.94. The second-order valence-electron chi connectivity index (χ2n) is 5.64. The molecule has 2 aromatic rings. The largest absolute Gasteiger partial charge is 0.374 e. The van der Waals surface area contributed by atoms with Gasteiger partial charge in [0, 0.05) is 44.4 Å². The van der Waals surface area contributed by atoms with Crippen molar-refractivity contribution in [1.82, 2.24) is 25.5 Å². The summed E-state index contributed by atoms with van der Waals surface area (Å²) in [5.41, 5.74) is 0.958. The molecule has 0 spiro atoms. The smallest absolute Gasteiger partial charge is 0.229 e. The third-order valence-corrected chi connectivity index (χ3v) is 4.78. The fraction of sp³-hybridized carbons (Fsp3) is 0.533. The maximum Gasteiger partial charge on any atom is 0.229 e. The van der Waals surface area contributed by atoms with E-state index in [4.69, 9.17) is 4.74 Å². The van der Waals surface area contributed by atoms with Gasteiger partial charge < -0.3 is 15.0 Å². The Morgan fingerprint density at radius 1 is 1.52 bits per heavy atom. The number of nitrogens with zero attached hydrogens (tertiary/aromatic N) is 4. The molecule has 1 saturated heterocycles. The van der Waals surface area contributed by atoms with Crippen molar-refractivity contribution in [2.24, 2.45) is 5.92 Å². The van der Waals surface area contributed by atoms with Crippen molar-refractivity contribution < 1.29 is 14.3 Å². The summed E-state index contributed by atoms with van der Waals surface area (Å²) < 4.78 is 5.29. The number of H-pyrrole nitrogens is 1. The van der Waals surface area contributed by atoms with Crippen LogP contribution in [0.1, 0.15) is 24.0 Å². The third kappa shape index (κ3) is 4.40. The number of hydrogen-bond acceptors (Lipinski definition) is 7. The van der Waals surface area contributed by atoms with Crippen molar-refractivity contribution in [2.75, 3.05) is 24.6 Å². The third-order valence-electron chi connectivity index (χ3n) is 3.86. The number of anilines is 1.